The molecule has 1 aliphatic rings. The average molecular weight is 281 g/mol. The Morgan fingerprint density at radius 2 is 1.95 bits per heavy atom. The van der Waals surface area contributed by atoms with Crippen LogP contribution in [0, 0.1) is 18.3 Å². The topological polar surface area (TPSA) is 49.0 Å². The first-order chi connectivity index (χ1) is 10.2. The first kappa shape index (κ1) is 13.7. The second-order valence-corrected chi connectivity index (χ2v) is 5.62. The Morgan fingerprint density at radius 1 is 1.24 bits per heavy atom. The van der Waals surface area contributed by atoms with E-state index in [9.17, 15) is 10.1 Å². The molecule has 1 aromatic heterocycles. The van der Waals surface area contributed by atoms with Crippen LogP contribution in [0.2, 0.25) is 0 Å². The highest BCUT2D eigenvalue weighted by Gasteiger charge is 2.20. The van der Waals surface area contributed by atoms with Crippen molar-refractivity contribution >= 4 is 16.8 Å². The lowest BCUT2D eigenvalue weighted by atomic mass is 10.1. The summed E-state index contributed by atoms with van der Waals surface area (Å²) in [6, 6.07) is 10.1. The number of para-hydroxylation sites is 1. The largest absolute Gasteiger partial charge is 0.341 e. The number of benzene rings is 1. The lowest BCUT2D eigenvalue weighted by Gasteiger charge is -2.27. The predicted molar refractivity (Wildman–Crippen MR) is 81.8 cm³/mol. The fourth-order valence-electron chi connectivity index (χ4n) is 3.15. The predicted octanol–water partition coefficient (Wildman–Crippen LogP) is 2.83. The minimum atomic E-state index is 0.156. The Labute approximate surface area is 124 Å². The Morgan fingerprint density at radius 3 is 2.67 bits per heavy atom. The molecule has 2 heterocycles. The van der Waals surface area contributed by atoms with Crippen LogP contribution in [0.5, 0.6) is 0 Å². The van der Waals surface area contributed by atoms with Crippen LogP contribution in [0.25, 0.3) is 10.9 Å². The van der Waals surface area contributed by atoms with Crippen LogP contribution in [0.4, 0.5) is 0 Å². The van der Waals surface area contributed by atoms with Crippen LogP contribution in [0.1, 0.15) is 30.5 Å². The zero-order chi connectivity index (χ0) is 14.8. The number of hydrogen-bond donors (Lipinski definition) is 0. The molecular formula is C17H19N3O. The Hall–Kier alpha value is -2.28. The Bertz CT molecular complexity index is 717. The summed E-state index contributed by atoms with van der Waals surface area (Å²) in [5.74, 6) is 0.156. The molecule has 0 spiro atoms. The number of aromatic nitrogens is 1. The zero-order valence-corrected chi connectivity index (χ0v) is 12.3. The molecule has 0 radical (unpaired) electrons. The van der Waals surface area contributed by atoms with Gasteiger partial charge in [0.15, 0.2) is 0 Å². The molecule has 3 rings (SSSR count). The van der Waals surface area contributed by atoms with Crippen LogP contribution in [-0.4, -0.2) is 28.5 Å². The second kappa shape index (κ2) is 5.61. The summed E-state index contributed by atoms with van der Waals surface area (Å²) < 4.78 is 1.98. The van der Waals surface area contributed by atoms with Gasteiger partial charge in [-0.2, -0.15) is 5.26 Å². The van der Waals surface area contributed by atoms with Gasteiger partial charge in [-0.15, -0.1) is 0 Å². The maximum atomic E-state index is 12.5. The van der Waals surface area contributed by atoms with Gasteiger partial charge in [0, 0.05) is 24.2 Å². The Kier molecular flexibility index (Phi) is 3.66. The third kappa shape index (κ3) is 2.40. The summed E-state index contributed by atoms with van der Waals surface area (Å²) in [6.07, 6.45) is 3.41. The third-order valence-corrected chi connectivity index (χ3v) is 4.34. The monoisotopic (exact) mass is 281 g/mol. The quantitative estimate of drug-likeness (QED) is 0.850. The lowest BCUT2D eigenvalue weighted by molar-refractivity contribution is -0.132. The molecule has 108 valence electrons. The summed E-state index contributed by atoms with van der Waals surface area (Å²) in [5.41, 5.74) is 2.53. The highest BCUT2D eigenvalue weighted by molar-refractivity contribution is 5.89. The third-order valence-electron chi connectivity index (χ3n) is 4.34. The highest BCUT2D eigenvalue weighted by atomic mass is 16.2. The Balaban J connectivity index is 1.95. The molecule has 4 nitrogen and oxygen atoms in total. The van der Waals surface area contributed by atoms with E-state index in [0.29, 0.717) is 12.1 Å². The normalized spacial score (nSPS) is 15.1. The zero-order valence-electron chi connectivity index (χ0n) is 12.3. The van der Waals surface area contributed by atoms with E-state index in [1.54, 1.807) is 0 Å². The molecule has 1 saturated heterocycles. The highest BCUT2D eigenvalue weighted by Crippen LogP contribution is 2.25. The van der Waals surface area contributed by atoms with Gasteiger partial charge in [0.2, 0.25) is 5.91 Å². The van der Waals surface area contributed by atoms with Crippen molar-refractivity contribution in [1.82, 2.24) is 9.47 Å². The lowest BCUT2D eigenvalue weighted by Crippen LogP contribution is -2.37. The molecule has 0 unspecified atom stereocenters. The van der Waals surface area contributed by atoms with Crippen LogP contribution in [-0.2, 0) is 11.3 Å². The summed E-state index contributed by atoms with van der Waals surface area (Å²) in [5, 5.41) is 10.3. The number of rotatable bonds is 2. The van der Waals surface area contributed by atoms with Gasteiger partial charge in [0.1, 0.15) is 12.6 Å². The SMILES string of the molecule is Cc1c(C#N)c2ccccc2n1CC(=O)N1CCCCC1. The molecule has 0 atom stereocenters. The first-order valence-electron chi connectivity index (χ1n) is 7.48. The van der Waals surface area contributed by atoms with Gasteiger partial charge in [-0.1, -0.05) is 18.2 Å². The van der Waals surface area contributed by atoms with E-state index in [1.165, 1.54) is 6.42 Å². The average Bonchev–Trinajstić information content (AvgIpc) is 2.80. The minimum Gasteiger partial charge on any atom is -0.341 e. The van der Waals surface area contributed by atoms with E-state index >= 15 is 0 Å². The number of amides is 1. The number of nitrogens with zero attached hydrogens (tertiary/aromatic N) is 3. The molecule has 2 aromatic rings. The van der Waals surface area contributed by atoms with Gasteiger partial charge >= 0.3 is 0 Å². The first-order valence-corrected chi connectivity index (χ1v) is 7.48. The van der Waals surface area contributed by atoms with Crippen LogP contribution >= 0.6 is 0 Å². The number of nitriles is 1. The van der Waals surface area contributed by atoms with Gasteiger partial charge in [-0.25, -0.2) is 0 Å². The number of carbonyl (C=O) groups is 1. The van der Waals surface area contributed by atoms with Crippen molar-refractivity contribution < 1.29 is 4.79 Å². The number of carbonyl (C=O) groups excluding carboxylic acids is 1. The van der Waals surface area contributed by atoms with Crippen molar-refractivity contribution in [3.63, 3.8) is 0 Å². The summed E-state index contributed by atoms with van der Waals surface area (Å²) >= 11 is 0. The summed E-state index contributed by atoms with van der Waals surface area (Å²) in [6.45, 7) is 3.97. The van der Waals surface area contributed by atoms with Gasteiger partial charge in [-0.3, -0.25) is 4.79 Å². The summed E-state index contributed by atoms with van der Waals surface area (Å²) in [7, 11) is 0. The number of likely N-dealkylation sites (tertiary alicyclic amines) is 1. The molecule has 1 aliphatic heterocycles. The molecule has 1 aromatic carbocycles. The van der Waals surface area contributed by atoms with Crippen molar-refractivity contribution in [3.05, 3.63) is 35.5 Å². The minimum absolute atomic E-state index is 0.156. The maximum Gasteiger partial charge on any atom is 0.242 e. The van der Waals surface area contributed by atoms with Crippen molar-refractivity contribution in [1.29, 1.82) is 5.26 Å². The second-order valence-electron chi connectivity index (χ2n) is 5.62. The van der Waals surface area contributed by atoms with E-state index in [0.717, 1.165) is 42.5 Å². The van der Waals surface area contributed by atoms with E-state index in [2.05, 4.69) is 6.07 Å². The number of hydrogen-bond acceptors (Lipinski definition) is 2. The van der Waals surface area contributed by atoms with Crippen molar-refractivity contribution in [3.8, 4) is 6.07 Å². The van der Waals surface area contributed by atoms with E-state index in [4.69, 9.17) is 0 Å². The molecule has 0 aliphatic carbocycles. The fraction of sp³-hybridized carbons (Fsp3) is 0.412. The van der Waals surface area contributed by atoms with Gasteiger partial charge < -0.3 is 9.47 Å². The summed E-state index contributed by atoms with van der Waals surface area (Å²) in [4.78, 5) is 14.4. The van der Waals surface area contributed by atoms with Gasteiger partial charge in [0.05, 0.1) is 11.1 Å². The molecule has 1 fully saturated rings. The number of fused-ring (bicyclic) bond motifs is 1. The van der Waals surface area contributed by atoms with Gasteiger partial charge in [0.25, 0.3) is 0 Å². The van der Waals surface area contributed by atoms with Gasteiger partial charge in [-0.05, 0) is 32.3 Å². The smallest absolute Gasteiger partial charge is 0.242 e. The van der Waals surface area contributed by atoms with E-state index in [1.807, 2.05) is 40.7 Å². The standard InChI is InChI=1S/C17H19N3O/c1-13-15(11-18)14-7-3-4-8-16(14)20(13)12-17(21)19-9-5-2-6-10-19/h3-4,7-8H,2,5-6,9-10,12H2,1H3. The number of piperidine rings is 1. The molecule has 0 N–H and O–H groups in total. The van der Waals surface area contributed by atoms with Crippen molar-refractivity contribution in [2.45, 2.75) is 32.7 Å². The molecular weight excluding hydrogens is 262 g/mol. The van der Waals surface area contributed by atoms with Crippen LogP contribution in [0.3, 0.4) is 0 Å². The van der Waals surface area contributed by atoms with Crippen molar-refractivity contribution in [2.75, 3.05) is 13.1 Å². The van der Waals surface area contributed by atoms with Crippen molar-refractivity contribution in [2.24, 2.45) is 0 Å². The molecule has 0 bridgehead atoms. The van der Waals surface area contributed by atoms with Crippen LogP contribution in [0.15, 0.2) is 24.3 Å². The molecule has 1 amide bonds. The van der Waals surface area contributed by atoms with Crippen LogP contribution < -0.4 is 0 Å². The molecule has 0 saturated carbocycles. The fourth-order valence-corrected chi connectivity index (χ4v) is 3.15. The maximum absolute atomic E-state index is 12.5. The van der Waals surface area contributed by atoms with E-state index in [-0.39, 0.29) is 5.91 Å². The molecule has 21 heavy (non-hydrogen) atoms. The molecule has 4 heteroatoms. The van der Waals surface area contributed by atoms with E-state index < -0.39 is 0 Å².